The summed E-state index contributed by atoms with van der Waals surface area (Å²) in [5, 5.41) is 3.95. The summed E-state index contributed by atoms with van der Waals surface area (Å²) < 4.78 is 0. The number of nitrogens with zero attached hydrogens (tertiary/aromatic N) is 3. The lowest BCUT2D eigenvalue weighted by molar-refractivity contribution is -0.113. The lowest BCUT2D eigenvalue weighted by Gasteiger charge is -2.19. The van der Waals surface area contributed by atoms with Crippen LogP contribution < -0.4 is 9.80 Å². The van der Waals surface area contributed by atoms with E-state index >= 15 is 0 Å². The maximum atomic E-state index is 14.0. The number of benzene rings is 4. The molecule has 1 amide bonds. The first-order valence-corrected chi connectivity index (χ1v) is 13.2. The van der Waals surface area contributed by atoms with Crippen molar-refractivity contribution in [2.45, 2.75) is 18.7 Å². The van der Waals surface area contributed by atoms with E-state index in [0.29, 0.717) is 10.1 Å². The van der Waals surface area contributed by atoms with Crippen molar-refractivity contribution in [3.8, 4) is 0 Å². The van der Waals surface area contributed by atoms with Crippen LogP contribution in [0.5, 0.6) is 0 Å². The van der Waals surface area contributed by atoms with Crippen molar-refractivity contribution in [3.05, 3.63) is 106 Å². The van der Waals surface area contributed by atoms with Crippen molar-refractivity contribution in [2.75, 3.05) is 16.3 Å². The fourth-order valence-electron chi connectivity index (χ4n) is 4.45. The van der Waals surface area contributed by atoms with Crippen molar-refractivity contribution in [3.63, 3.8) is 0 Å². The second kappa shape index (κ2) is 8.95. The first kappa shape index (κ1) is 22.0. The third-order valence-electron chi connectivity index (χ3n) is 6.12. The number of hydrogen-bond donors (Lipinski definition) is 0. The van der Waals surface area contributed by atoms with Crippen molar-refractivity contribution >= 4 is 62.4 Å². The Morgan fingerprint density at radius 2 is 1.63 bits per heavy atom. The second-order valence-corrected chi connectivity index (χ2v) is 10.5. The summed E-state index contributed by atoms with van der Waals surface area (Å²) >= 11 is 3.12. The molecule has 0 N–H and O–H groups in total. The van der Waals surface area contributed by atoms with Crippen LogP contribution in [0.3, 0.4) is 0 Å². The molecule has 0 spiro atoms. The first-order valence-electron chi connectivity index (χ1n) is 11.6. The molecule has 4 nitrogen and oxygen atoms in total. The third-order valence-corrected chi connectivity index (χ3v) is 8.46. The van der Waals surface area contributed by atoms with Gasteiger partial charge in [0.1, 0.15) is 9.93 Å². The van der Waals surface area contributed by atoms with Crippen LogP contribution in [0, 0.1) is 6.92 Å². The summed E-state index contributed by atoms with van der Waals surface area (Å²) in [4.78, 5) is 24.8. The van der Waals surface area contributed by atoms with E-state index in [0.717, 1.165) is 39.6 Å². The Labute approximate surface area is 213 Å². The van der Waals surface area contributed by atoms with Crippen molar-refractivity contribution in [2.24, 2.45) is 4.99 Å². The third kappa shape index (κ3) is 3.93. The topological polar surface area (TPSA) is 35.9 Å². The highest BCUT2D eigenvalue weighted by Gasteiger charge is 2.40. The zero-order chi connectivity index (χ0) is 23.9. The molecule has 4 aromatic carbocycles. The molecule has 35 heavy (non-hydrogen) atoms. The van der Waals surface area contributed by atoms with Gasteiger partial charge in [-0.3, -0.25) is 9.69 Å². The molecule has 2 heterocycles. The number of anilines is 2. The van der Waals surface area contributed by atoms with Crippen molar-refractivity contribution in [1.29, 1.82) is 0 Å². The highest BCUT2D eigenvalue weighted by Crippen LogP contribution is 2.51. The number of thioether (sulfide) groups is 2. The number of para-hydroxylation sites is 1. The summed E-state index contributed by atoms with van der Waals surface area (Å²) in [7, 11) is 0. The molecule has 0 unspecified atom stereocenters. The van der Waals surface area contributed by atoms with Crippen LogP contribution in [0.1, 0.15) is 12.5 Å². The molecule has 2 aliphatic rings. The summed E-state index contributed by atoms with van der Waals surface area (Å²) in [5.74, 6) is -0.0334. The van der Waals surface area contributed by atoms with Crippen LogP contribution in [-0.2, 0) is 4.79 Å². The minimum absolute atomic E-state index is 0.0334. The Balaban J connectivity index is 1.48. The van der Waals surface area contributed by atoms with Crippen molar-refractivity contribution in [1.82, 2.24) is 0 Å². The monoisotopic (exact) mass is 493 g/mol. The van der Waals surface area contributed by atoms with Gasteiger partial charge >= 0.3 is 0 Å². The second-order valence-electron chi connectivity index (χ2n) is 8.46. The summed E-state index contributed by atoms with van der Waals surface area (Å²) in [6.07, 6.45) is 0. The quantitative estimate of drug-likeness (QED) is 0.274. The number of amidine groups is 1. The minimum Gasteiger partial charge on any atom is -0.334 e. The SMILES string of the molecule is CCN1/C(=C2/SC(=Nc3ccc4ccccc4c3)N(c3cccc(C)c3)C2=O)Sc2ccccc21. The molecule has 0 saturated carbocycles. The van der Waals surface area contributed by atoms with Gasteiger partial charge in [-0.1, -0.05) is 66.4 Å². The molecule has 0 aromatic heterocycles. The number of aryl methyl sites for hydroxylation is 1. The van der Waals surface area contributed by atoms with Gasteiger partial charge in [0.25, 0.3) is 5.91 Å². The molecule has 0 radical (unpaired) electrons. The maximum absolute atomic E-state index is 14.0. The lowest BCUT2D eigenvalue weighted by Crippen LogP contribution is -2.29. The van der Waals surface area contributed by atoms with Crippen LogP contribution in [0.15, 0.2) is 111 Å². The fraction of sp³-hybridized carbons (Fsp3) is 0.103. The first-order chi connectivity index (χ1) is 17.1. The Morgan fingerprint density at radius 3 is 2.46 bits per heavy atom. The van der Waals surface area contributed by atoms with Gasteiger partial charge in [0, 0.05) is 11.4 Å². The maximum Gasteiger partial charge on any atom is 0.274 e. The largest absolute Gasteiger partial charge is 0.334 e. The number of aliphatic imine (C=N–C) groups is 1. The van der Waals surface area contributed by atoms with Gasteiger partial charge in [-0.25, -0.2) is 4.99 Å². The molecular formula is C29H23N3OS2. The predicted octanol–water partition coefficient (Wildman–Crippen LogP) is 7.72. The van der Waals surface area contributed by atoms with E-state index in [1.54, 1.807) is 16.7 Å². The molecular weight excluding hydrogens is 470 g/mol. The van der Waals surface area contributed by atoms with Gasteiger partial charge < -0.3 is 4.90 Å². The van der Waals surface area contributed by atoms with Gasteiger partial charge in [-0.15, -0.1) is 0 Å². The molecule has 1 fully saturated rings. The van der Waals surface area contributed by atoms with Crippen LogP contribution >= 0.6 is 23.5 Å². The number of rotatable bonds is 3. The molecule has 6 heteroatoms. The molecule has 4 aromatic rings. The number of fused-ring (bicyclic) bond motifs is 2. The highest BCUT2D eigenvalue weighted by atomic mass is 32.2. The van der Waals surface area contributed by atoms with Gasteiger partial charge in [0.05, 0.1) is 17.1 Å². The average molecular weight is 494 g/mol. The van der Waals surface area contributed by atoms with Gasteiger partial charge in [-0.2, -0.15) is 0 Å². The fourth-order valence-corrected chi connectivity index (χ4v) is 6.84. The lowest BCUT2D eigenvalue weighted by atomic mass is 10.1. The smallest absolute Gasteiger partial charge is 0.274 e. The van der Waals surface area contributed by atoms with E-state index < -0.39 is 0 Å². The number of carbonyl (C=O) groups is 1. The van der Waals surface area contributed by atoms with E-state index in [1.807, 2.05) is 61.5 Å². The normalized spacial score (nSPS) is 18.7. The van der Waals surface area contributed by atoms with Gasteiger partial charge in [0.15, 0.2) is 5.17 Å². The standard InChI is InChI=1S/C29H23N3OS2/c1-3-31-24-13-6-7-14-25(24)34-28(31)26-27(33)32(23-12-8-9-19(2)17-23)29(35-26)30-22-16-15-20-10-4-5-11-21(20)18-22/h4-18H,3H2,1-2H3/b28-26-,30-29?. The molecule has 2 aliphatic heterocycles. The Bertz CT molecular complexity index is 1540. The summed E-state index contributed by atoms with van der Waals surface area (Å²) in [6.45, 7) is 4.95. The molecule has 0 atom stereocenters. The molecule has 1 saturated heterocycles. The van der Waals surface area contributed by atoms with Crippen LogP contribution in [-0.4, -0.2) is 17.6 Å². The van der Waals surface area contributed by atoms with Crippen LogP contribution in [0.25, 0.3) is 10.8 Å². The van der Waals surface area contributed by atoms with Crippen molar-refractivity contribution < 1.29 is 4.79 Å². The van der Waals surface area contributed by atoms with Gasteiger partial charge in [-0.05, 0) is 78.3 Å². The highest BCUT2D eigenvalue weighted by molar-refractivity contribution is 8.20. The van der Waals surface area contributed by atoms with E-state index in [-0.39, 0.29) is 5.91 Å². The van der Waals surface area contributed by atoms with Crippen LogP contribution in [0.4, 0.5) is 17.1 Å². The Morgan fingerprint density at radius 1 is 0.829 bits per heavy atom. The summed E-state index contributed by atoms with van der Waals surface area (Å²) in [6, 6.07) is 30.8. The average Bonchev–Trinajstić information content (AvgIpc) is 3.40. The van der Waals surface area contributed by atoms with E-state index in [4.69, 9.17) is 4.99 Å². The zero-order valence-electron chi connectivity index (χ0n) is 19.4. The van der Waals surface area contributed by atoms with Crippen LogP contribution in [0.2, 0.25) is 0 Å². The Hall–Kier alpha value is -3.48. The Kier molecular flexibility index (Phi) is 5.63. The molecule has 6 rings (SSSR count). The van der Waals surface area contributed by atoms with Gasteiger partial charge in [0.2, 0.25) is 0 Å². The van der Waals surface area contributed by atoms with E-state index in [9.17, 15) is 4.79 Å². The number of hydrogen-bond acceptors (Lipinski definition) is 5. The minimum atomic E-state index is -0.0334. The molecule has 0 bridgehead atoms. The number of amides is 1. The van der Waals surface area contributed by atoms with E-state index in [2.05, 4.69) is 48.2 Å². The molecule has 172 valence electrons. The molecule has 0 aliphatic carbocycles. The predicted molar refractivity (Wildman–Crippen MR) is 150 cm³/mol. The van der Waals surface area contributed by atoms with E-state index in [1.165, 1.54) is 22.0 Å². The summed E-state index contributed by atoms with van der Waals surface area (Å²) in [5.41, 5.74) is 3.92. The zero-order valence-corrected chi connectivity index (χ0v) is 21.1. The number of carbonyl (C=O) groups excluding carboxylic acids is 1.